The first kappa shape index (κ1) is 17.5. The lowest BCUT2D eigenvalue weighted by Gasteiger charge is -2.32. The second-order valence-corrected chi connectivity index (χ2v) is 7.21. The van der Waals surface area contributed by atoms with Crippen molar-refractivity contribution in [2.75, 3.05) is 33.2 Å². The van der Waals surface area contributed by atoms with E-state index in [0.29, 0.717) is 5.56 Å². The van der Waals surface area contributed by atoms with E-state index in [9.17, 15) is 4.79 Å². The van der Waals surface area contributed by atoms with E-state index in [0.717, 1.165) is 48.0 Å². The van der Waals surface area contributed by atoms with Crippen molar-refractivity contribution in [3.05, 3.63) is 65.2 Å². The first-order valence-corrected chi connectivity index (χ1v) is 9.34. The number of hydrogen-bond acceptors (Lipinski definition) is 4. The van der Waals surface area contributed by atoms with Crippen LogP contribution >= 0.6 is 11.8 Å². The zero-order valence-corrected chi connectivity index (χ0v) is 15.1. The molecule has 2 aromatic rings. The van der Waals surface area contributed by atoms with Gasteiger partial charge in [0.05, 0.1) is 17.2 Å². The highest BCUT2D eigenvalue weighted by atomic mass is 32.2. The summed E-state index contributed by atoms with van der Waals surface area (Å²) in [6.45, 7) is 3.41. The van der Waals surface area contributed by atoms with Gasteiger partial charge in [0.2, 0.25) is 0 Å². The highest BCUT2D eigenvalue weighted by Gasteiger charge is 2.22. The van der Waals surface area contributed by atoms with Crippen LogP contribution in [0.2, 0.25) is 0 Å². The van der Waals surface area contributed by atoms with Crippen molar-refractivity contribution in [2.24, 2.45) is 0 Å². The number of nitriles is 1. The van der Waals surface area contributed by atoms with Crippen LogP contribution in [0.25, 0.3) is 0 Å². The third-order valence-electron chi connectivity index (χ3n) is 4.39. The van der Waals surface area contributed by atoms with Crippen LogP contribution in [-0.4, -0.2) is 48.9 Å². The van der Waals surface area contributed by atoms with Crippen molar-refractivity contribution < 1.29 is 4.79 Å². The minimum atomic E-state index is 0.121. The Labute approximate surface area is 153 Å². The first-order chi connectivity index (χ1) is 12.2. The number of carbonyl (C=O) groups excluding carboxylic acids is 1. The number of benzene rings is 2. The number of hydrogen-bond donors (Lipinski definition) is 0. The van der Waals surface area contributed by atoms with Crippen molar-refractivity contribution in [3.8, 4) is 6.07 Å². The minimum absolute atomic E-state index is 0.121. The smallest absolute Gasteiger partial charge is 0.255 e. The van der Waals surface area contributed by atoms with Gasteiger partial charge in [-0.05, 0) is 36.9 Å². The molecule has 128 valence electrons. The van der Waals surface area contributed by atoms with Crippen LogP contribution in [-0.2, 0) is 5.75 Å². The van der Waals surface area contributed by atoms with Gasteiger partial charge in [-0.1, -0.05) is 24.3 Å². The molecule has 0 radical (unpaired) electrons. The third kappa shape index (κ3) is 4.41. The topological polar surface area (TPSA) is 47.3 Å². The third-order valence-corrected chi connectivity index (χ3v) is 5.53. The first-order valence-electron chi connectivity index (χ1n) is 8.36. The molecule has 1 fully saturated rings. The minimum Gasteiger partial charge on any atom is -0.336 e. The van der Waals surface area contributed by atoms with Gasteiger partial charge in [-0.25, -0.2) is 0 Å². The molecule has 5 heteroatoms. The molecule has 0 spiro atoms. The van der Waals surface area contributed by atoms with Gasteiger partial charge >= 0.3 is 0 Å². The standard InChI is InChI=1S/C20H21N3OS/c1-22-10-12-23(13-11-22)20(24)18-4-2-3-5-19(18)25-15-17-8-6-16(14-21)7-9-17/h2-9H,10-13,15H2,1H3. The van der Waals surface area contributed by atoms with E-state index in [1.807, 2.05) is 53.4 Å². The van der Waals surface area contributed by atoms with Crippen LogP contribution in [0.1, 0.15) is 21.5 Å². The monoisotopic (exact) mass is 351 g/mol. The summed E-state index contributed by atoms with van der Waals surface area (Å²) in [6.07, 6.45) is 0. The number of thioether (sulfide) groups is 1. The summed E-state index contributed by atoms with van der Waals surface area (Å²) in [6, 6.07) is 17.6. The Kier molecular flexibility index (Phi) is 5.75. The summed E-state index contributed by atoms with van der Waals surface area (Å²) >= 11 is 1.67. The molecule has 0 bridgehead atoms. The number of amides is 1. The van der Waals surface area contributed by atoms with Crippen LogP contribution < -0.4 is 0 Å². The van der Waals surface area contributed by atoms with Crippen LogP contribution in [0.5, 0.6) is 0 Å². The molecular formula is C20H21N3OS. The second-order valence-electron chi connectivity index (χ2n) is 6.19. The summed E-state index contributed by atoms with van der Waals surface area (Å²) in [4.78, 5) is 18.1. The van der Waals surface area contributed by atoms with Gasteiger partial charge in [-0.15, -0.1) is 11.8 Å². The number of piperazine rings is 1. The molecule has 1 amide bonds. The van der Waals surface area contributed by atoms with Crippen molar-refractivity contribution in [2.45, 2.75) is 10.6 Å². The van der Waals surface area contributed by atoms with E-state index in [2.05, 4.69) is 18.0 Å². The molecule has 4 nitrogen and oxygen atoms in total. The lowest BCUT2D eigenvalue weighted by molar-refractivity contribution is 0.0660. The lowest BCUT2D eigenvalue weighted by Crippen LogP contribution is -2.47. The van der Waals surface area contributed by atoms with Gasteiger partial charge in [0.25, 0.3) is 5.91 Å². The molecule has 2 aromatic carbocycles. The molecule has 1 saturated heterocycles. The second kappa shape index (κ2) is 8.19. The van der Waals surface area contributed by atoms with Gasteiger partial charge in [0.1, 0.15) is 0 Å². The zero-order chi connectivity index (χ0) is 17.6. The molecule has 0 saturated carbocycles. The summed E-state index contributed by atoms with van der Waals surface area (Å²) in [7, 11) is 2.09. The number of rotatable bonds is 4. The average Bonchev–Trinajstić information content (AvgIpc) is 2.67. The molecule has 1 aliphatic heterocycles. The Morgan fingerprint density at radius 1 is 1.08 bits per heavy atom. The zero-order valence-electron chi connectivity index (χ0n) is 14.3. The number of nitrogens with zero attached hydrogens (tertiary/aromatic N) is 3. The summed E-state index contributed by atoms with van der Waals surface area (Å²) < 4.78 is 0. The molecule has 0 N–H and O–H groups in total. The normalized spacial score (nSPS) is 15.0. The summed E-state index contributed by atoms with van der Waals surface area (Å²) in [5, 5.41) is 8.87. The SMILES string of the molecule is CN1CCN(C(=O)c2ccccc2SCc2ccc(C#N)cc2)CC1. The maximum Gasteiger partial charge on any atom is 0.255 e. The Morgan fingerprint density at radius 3 is 2.44 bits per heavy atom. The fourth-order valence-corrected chi connectivity index (χ4v) is 3.79. The molecule has 25 heavy (non-hydrogen) atoms. The fourth-order valence-electron chi connectivity index (χ4n) is 2.79. The predicted octanol–water partition coefficient (Wildman–Crippen LogP) is 3.24. The summed E-state index contributed by atoms with van der Waals surface area (Å²) in [5.41, 5.74) is 2.59. The highest BCUT2D eigenvalue weighted by molar-refractivity contribution is 7.98. The Morgan fingerprint density at radius 2 is 1.76 bits per heavy atom. The maximum absolute atomic E-state index is 12.9. The molecule has 0 unspecified atom stereocenters. The van der Waals surface area contributed by atoms with E-state index in [1.165, 1.54) is 0 Å². The molecule has 0 atom stereocenters. The number of carbonyl (C=O) groups is 1. The molecule has 1 heterocycles. The average molecular weight is 351 g/mol. The Bertz CT molecular complexity index is 774. The van der Waals surface area contributed by atoms with E-state index in [4.69, 9.17) is 5.26 Å². The Balaban J connectivity index is 1.70. The van der Waals surface area contributed by atoms with Crippen molar-refractivity contribution >= 4 is 17.7 Å². The van der Waals surface area contributed by atoms with Gasteiger partial charge in [-0.3, -0.25) is 4.79 Å². The molecule has 0 aliphatic carbocycles. The van der Waals surface area contributed by atoms with E-state index in [-0.39, 0.29) is 5.91 Å². The van der Waals surface area contributed by atoms with Crippen LogP contribution in [0.3, 0.4) is 0 Å². The largest absolute Gasteiger partial charge is 0.336 e. The molecule has 3 rings (SSSR count). The van der Waals surface area contributed by atoms with Crippen molar-refractivity contribution in [1.82, 2.24) is 9.80 Å². The quantitative estimate of drug-likeness (QED) is 0.794. The van der Waals surface area contributed by atoms with Crippen LogP contribution in [0.15, 0.2) is 53.4 Å². The van der Waals surface area contributed by atoms with Crippen LogP contribution in [0.4, 0.5) is 0 Å². The van der Waals surface area contributed by atoms with Crippen molar-refractivity contribution in [3.63, 3.8) is 0 Å². The Hall–Kier alpha value is -2.29. The van der Waals surface area contributed by atoms with E-state index >= 15 is 0 Å². The van der Waals surface area contributed by atoms with E-state index < -0.39 is 0 Å². The molecule has 1 aliphatic rings. The predicted molar refractivity (Wildman–Crippen MR) is 101 cm³/mol. The molecule has 0 aromatic heterocycles. The number of likely N-dealkylation sites (N-methyl/N-ethyl adjacent to an activating group) is 1. The molecular weight excluding hydrogens is 330 g/mol. The van der Waals surface area contributed by atoms with Gasteiger partial charge < -0.3 is 9.80 Å². The van der Waals surface area contributed by atoms with Gasteiger partial charge in [-0.2, -0.15) is 5.26 Å². The maximum atomic E-state index is 12.9. The van der Waals surface area contributed by atoms with Gasteiger partial charge in [0.15, 0.2) is 0 Å². The van der Waals surface area contributed by atoms with Crippen molar-refractivity contribution in [1.29, 1.82) is 5.26 Å². The summed E-state index contributed by atoms with van der Waals surface area (Å²) in [5.74, 6) is 0.898. The highest BCUT2D eigenvalue weighted by Crippen LogP contribution is 2.27. The van der Waals surface area contributed by atoms with Crippen LogP contribution in [0, 0.1) is 11.3 Å². The van der Waals surface area contributed by atoms with Gasteiger partial charge in [0, 0.05) is 36.8 Å². The van der Waals surface area contributed by atoms with E-state index in [1.54, 1.807) is 11.8 Å². The lowest BCUT2D eigenvalue weighted by atomic mass is 10.2. The fraction of sp³-hybridized carbons (Fsp3) is 0.300.